The van der Waals surface area contributed by atoms with Crippen LogP contribution in [0.25, 0.3) is 11.2 Å². The van der Waals surface area contributed by atoms with Crippen LogP contribution in [-0.4, -0.2) is 76.9 Å². The molecule has 1 amide bonds. The van der Waals surface area contributed by atoms with E-state index in [1.807, 2.05) is 0 Å². The molecule has 136 valence electrons. The van der Waals surface area contributed by atoms with Crippen LogP contribution in [0, 0.1) is 0 Å². The van der Waals surface area contributed by atoms with Crippen molar-refractivity contribution in [2.75, 3.05) is 17.7 Å². The molecule has 5 atom stereocenters. The number of amides is 1. The number of aliphatic hydroxyl groups excluding tert-OH is 4. The Kier molecular flexibility index (Phi) is 4.53. The molecule has 0 unspecified atom stereocenters. The molecule has 2 aromatic heterocycles. The molecule has 7 N–H and O–H groups in total. The van der Waals surface area contributed by atoms with E-state index in [0.717, 1.165) is 0 Å². The fourth-order valence-corrected chi connectivity index (χ4v) is 2.68. The van der Waals surface area contributed by atoms with Gasteiger partial charge in [-0.2, -0.15) is 9.97 Å². The van der Waals surface area contributed by atoms with Gasteiger partial charge in [0.1, 0.15) is 29.9 Å². The predicted octanol–water partition coefficient (Wildman–Crippen LogP) is -2.66. The number of nitrogens with one attached hydrogen (secondary N) is 1. The van der Waals surface area contributed by atoms with E-state index in [2.05, 4.69) is 20.3 Å². The van der Waals surface area contributed by atoms with Gasteiger partial charge in [0.15, 0.2) is 17.7 Å². The zero-order valence-corrected chi connectivity index (χ0v) is 13.1. The van der Waals surface area contributed by atoms with Crippen LogP contribution in [0.5, 0.6) is 0 Å². The molecule has 1 fully saturated rings. The van der Waals surface area contributed by atoms with E-state index in [9.17, 15) is 20.1 Å². The lowest BCUT2D eigenvalue weighted by molar-refractivity contribution is -0.114. The van der Waals surface area contributed by atoms with E-state index in [4.69, 9.17) is 15.6 Å². The number of nitrogen functional groups attached to an aromatic ring is 1. The Balaban J connectivity index is 2.01. The Morgan fingerprint density at radius 2 is 2.16 bits per heavy atom. The van der Waals surface area contributed by atoms with E-state index < -0.39 is 43.2 Å². The molecule has 3 rings (SSSR count). The predicted molar refractivity (Wildman–Crippen MR) is 83.1 cm³/mol. The molecule has 0 spiro atoms. The number of nitrogens with zero attached hydrogens (tertiary/aromatic N) is 4. The summed E-state index contributed by atoms with van der Waals surface area (Å²) in [7, 11) is 0. The molecular formula is C13H18N6O6. The number of ether oxygens (including phenoxy) is 1. The van der Waals surface area contributed by atoms with Gasteiger partial charge in [0.25, 0.3) is 0 Å². The molecule has 0 saturated carbocycles. The third-order valence-electron chi connectivity index (χ3n) is 3.85. The lowest BCUT2D eigenvalue weighted by atomic mass is 10.1. The lowest BCUT2D eigenvalue weighted by Gasteiger charge is -2.18. The van der Waals surface area contributed by atoms with Gasteiger partial charge in [-0.3, -0.25) is 14.7 Å². The largest absolute Gasteiger partial charge is 0.394 e. The van der Waals surface area contributed by atoms with Crippen molar-refractivity contribution in [1.29, 1.82) is 0 Å². The molecular weight excluding hydrogens is 336 g/mol. The number of carbonyl (C=O) groups excluding carboxylic acids is 1. The summed E-state index contributed by atoms with van der Waals surface area (Å²) in [6.45, 7) is 0.635. The summed E-state index contributed by atoms with van der Waals surface area (Å²) < 4.78 is 6.78. The van der Waals surface area contributed by atoms with Crippen molar-refractivity contribution in [3.05, 3.63) is 6.33 Å². The third-order valence-corrected chi connectivity index (χ3v) is 3.85. The van der Waals surface area contributed by atoms with Crippen molar-refractivity contribution in [2.24, 2.45) is 0 Å². The summed E-state index contributed by atoms with van der Waals surface area (Å²) in [5.74, 6) is -0.449. The standard InChI is InChI=1S/C13H18N6O6/c1-4(21)16-13-17-10(14)6-11(18-13)19(3-15-6)12-8(24)7(23)9(25-12)5(22)2-20/h3,5,7-9,12,20,22-24H,2H2,1H3,(H3,14,16,17,18,21)/t5-,7+,8-,9+,12-/m1/s1. The Hall–Kier alpha value is -2.38. The molecule has 2 aromatic rings. The van der Waals surface area contributed by atoms with E-state index in [0.29, 0.717) is 0 Å². The highest BCUT2D eigenvalue weighted by Gasteiger charge is 2.47. The number of anilines is 2. The lowest BCUT2D eigenvalue weighted by Crippen LogP contribution is -2.40. The number of imidazole rings is 1. The number of hydrogen-bond acceptors (Lipinski definition) is 10. The summed E-state index contributed by atoms with van der Waals surface area (Å²) in [4.78, 5) is 23.3. The van der Waals surface area contributed by atoms with E-state index in [-0.39, 0.29) is 22.9 Å². The van der Waals surface area contributed by atoms with Crippen LogP contribution in [0.4, 0.5) is 11.8 Å². The first-order valence-electron chi connectivity index (χ1n) is 7.41. The van der Waals surface area contributed by atoms with E-state index >= 15 is 0 Å². The van der Waals surface area contributed by atoms with Crippen LogP contribution in [0.15, 0.2) is 6.33 Å². The Labute approximate surface area is 140 Å². The molecule has 3 heterocycles. The van der Waals surface area contributed by atoms with Gasteiger partial charge in [-0.1, -0.05) is 0 Å². The molecule has 12 heteroatoms. The summed E-state index contributed by atoms with van der Waals surface area (Å²) in [6.07, 6.45) is -5.27. The smallest absolute Gasteiger partial charge is 0.233 e. The topological polar surface area (TPSA) is 189 Å². The average molecular weight is 354 g/mol. The monoisotopic (exact) mass is 354 g/mol. The van der Waals surface area contributed by atoms with Crippen molar-refractivity contribution in [1.82, 2.24) is 19.5 Å². The molecule has 1 aliphatic heterocycles. The normalized spacial score (nSPS) is 27.6. The van der Waals surface area contributed by atoms with Crippen molar-refractivity contribution in [3.8, 4) is 0 Å². The minimum Gasteiger partial charge on any atom is -0.394 e. The molecule has 0 aliphatic carbocycles. The quantitative estimate of drug-likeness (QED) is 0.338. The number of hydrogen-bond donors (Lipinski definition) is 6. The van der Waals surface area contributed by atoms with E-state index in [1.54, 1.807) is 0 Å². The fourth-order valence-electron chi connectivity index (χ4n) is 2.68. The number of aromatic nitrogens is 4. The summed E-state index contributed by atoms with van der Waals surface area (Å²) >= 11 is 0. The van der Waals surface area contributed by atoms with E-state index in [1.165, 1.54) is 17.8 Å². The van der Waals surface area contributed by atoms with Crippen molar-refractivity contribution in [3.63, 3.8) is 0 Å². The summed E-state index contributed by atoms with van der Waals surface area (Å²) in [5.41, 5.74) is 6.17. The van der Waals surface area contributed by atoms with Crippen LogP contribution in [0.3, 0.4) is 0 Å². The highest BCUT2D eigenvalue weighted by Crippen LogP contribution is 2.33. The van der Waals surface area contributed by atoms with Crippen molar-refractivity contribution < 1.29 is 30.0 Å². The summed E-state index contributed by atoms with van der Waals surface area (Å²) in [6, 6.07) is 0. The van der Waals surface area contributed by atoms with Crippen molar-refractivity contribution in [2.45, 2.75) is 37.6 Å². The van der Waals surface area contributed by atoms with Gasteiger partial charge in [-0.05, 0) is 0 Å². The Bertz CT molecular complexity index is 797. The third kappa shape index (κ3) is 3.01. The molecule has 25 heavy (non-hydrogen) atoms. The summed E-state index contributed by atoms with van der Waals surface area (Å²) in [5, 5.41) is 41.4. The van der Waals surface area contributed by atoms with Crippen LogP contribution >= 0.6 is 0 Å². The van der Waals surface area contributed by atoms with Gasteiger partial charge in [-0.25, -0.2) is 4.98 Å². The van der Waals surface area contributed by atoms with Crippen LogP contribution in [-0.2, 0) is 9.53 Å². The van der Waals surface area contributed by atoms with Gasteiger partial charge in [0, 0.05) is 6.92 Å². The minimum atomic E-state index is -1.43. The maximum Gasteiger partial charge on any atom is 0.233 e. The SMILES string of the molecule is CC(=O)Nc1nc(N)c2ncn([C@@H]3O[C@@H]([C@H](O)CO)[C@@H](O)[C@H]3O)c2n1. The zero-order valence-electron chi connectivity index (χ0n) is 13.1. The maximum absolute atomic E-state index is 11.2. The molecule has 1 saturated heterocycles. The van der Waals surface area contributed by atoms with Crippen LogP contribution < -0.4 is 11.1 Å². The van der Waals surface area contributed by atoms with Gasteiger partial charge < -0.3 is 30.9 Å². The first-order valence-corrected chi connectivity index (χ1v) is 7.41. The highest BCUT2D eigenvalue weighted by atomic mass is 16.6. The number of rotatable bonds is 4. The second-order valence-electron chi connectivity index (χ2n) is 5.66. The van der Waals surface area contributed by atoms with Crippen molar-refractivity contribution >= 4 is 28.8 Å². The Morgan fingerprint density at radius 1 is 1.44 bits per heavy atom. The first-order chi connectivity index (χ1) is 11.8. The fraction of sp³-hybridized carbons (Fsp3) is 0.538. The van der Waals surface area contributed by atoms with Gasteiger partial charge in [-0.15, -0.1) is 0 Å². The van der Waals surface area contributed by atoms with Crippen LogP contribution in [0.1, 0.15) is 13.2 Å². The molecule has 12 nitrogen and oxygen atoms in total. The zero-order chi connectivity index (χ0) is 18.3. The van der Waals surface area contributed by atoms with Gasteiger partial charge in [0.05, 0.1) is 12.9 Å². The maximum atomic E-state index is 11.2. The number of nitrogens with two attached hydrogens (primary N) is 1. The second-order valence-corrected chi connectivity index (χ2v) is 5.66. The molecule has 0 bridgehead atoms. The minimum absolute atomic E-state index is 0.00692. The second kappa shape index (κ2) is 6.50. The van der Waals surface area contributed by atoms with Crippen LogP contribution in [0.2, 0.25) is 0 Å². The average Bonchev–Trinajstić information content (AvgIpc) is 3.09. The molecule has 0 aromatic carbocycles. The number of aliphatic hydroxyl groups is 4. The molecule has 0 radical (unpaired) electrons. The highest BCUT2D eigenvalue weighted by molar-refractivity contribution is 5.89. The Morgan fingerprint density at radius 3 is 2.80 bits per heavy atom. The number of carbonyl (C=O) groups is 1. The first kappa shape index (κ1) is 17.4. The number of fused-ring (bicyclic) bond motifs is 1. The molecule has 1 aliphatic rings. The van der Waals surface area contributed by atoms with Gasteiger partial charge >= 0.3 is 0 Å². The van der Waals surface area contributed by atoms with Gasteiger partial charge in [0.2, 0.25) is 11.9 Å².